The summed E-state index contributed by atoms with van der Waals surface area (Å²) in [6.45, 7) is 4.09. The highest BCUT2D eigenvalue weighted by atomic mass is 35.5. The van der Waals surface area contributed by atoms with Crippen LogP contribution in [0.15, 0.2) is 17.0 Å². The van der Waals surface area contributed by atoms with Gasteiger partial charge >= 0.3 is 0 Å². The molecule has 0 fully saturated rings. The van der Waals surface area contributed by atoms with Gasteiger partial charge in [0.25, 0.3) is 0 Å². The maximum atomic E-state index is 13.3. The second kappa shape index (κ2) is 7.40. The molecule has 0 aliphatic heterocycles. The molecule has 0 saturated carbocycles. The van der Waals surface area contributed by atoms with Gasteiger partial charge in [-0.3, -0.25) is 0 Å². The number of anilines is 1. The Morgan fingerprint density at radius 1 is 1.48 bits per heavy atom. The van der Waals surface area contributed by atoms with Gasteiger partial charge in [-0.05, 0) is 25.5 Å². The van der Waals surface area contributed by atoms with Gasteiger partial charge in [-0.25, -0.2) is 12.8 Å². The van der Waals surface area contributed by atoms with Crippen LogP contribution in [0.1, 0.15) is 20.3 Å². The number of halogens is 2. The smallest absolute Gasteiger partial charge is 0.244 e. The molecule has 1 unspecified atom stereocenters. The van der Waals surface area contributed by atoms with Crippen molar-refractivity contribution in [2.24, 2.45) is 0 Å². The van der Waals surface area contributed by atoms with E-state index in [4.69, 9.17) is 22.1 Å². The van der Waals surface area contributed by atoms with E-state index in [9.17, 15) is 12.8 Å². The average molecular weight is 339 g/mol. The number of nitrogen functional groups attached to an aromatic ring is 1. The molecule has 0 amide bonds. The molecule has 120 valence electrons. The van der Waals surface area contributed by atoms with Gasteiger partial charge in [-0.2, -0.15) is 4.31 Å². The molecule has 1 aromatic carbocycles. The van der Waals surface area contributed by atoms with Gasteiger partial charge in [0.2, 0.25) is 10.0 Å². The topological polar surface area (TPSA) is 72.6 Å². The molecule has 0 aromatic heterocycles. The van der Waals surface area contributed by atoms with Crippen LogP contribution in [0.5, 0.6) is 0 Å². The molecule has 1 rings (SSSR count). The van der Waals surface area contributed by atoms with Crippen molar-refractivity contribution in [2.45, 2.75) is 31.2 Å². The van der Waals surface area contributed by atoms with Gasteiger partial charge < -0.3 is 10.5 Å². The lowest BCUT2D eigenvalue weighted by molar-refractivity contribution is 0.167. The lowest BCUT2D eigenvalue weighted by Gasteiger charge is -2.28. The Hall–Kier alpha value is -0.890. The average Bonchev–Trinajstić information content (AvgIpc) is 2.42. The summed E-state index contributed by atoms with van der Waals surface area (Å²) in [4.78, 5) is -0.195. The minimum absolute atomic E-state index is 0.182. The second-order valence-electron chi connectivity index (χ2n) is 4.67. The summed E-state index contributed by atoms with van der Waals surface area (Å²) in [6.07, 6.45) is 0.622. The summed E-state index contributed by atoms with van der Waals surface area (Å²) < 4.78 is 45.0. The number of hydrogen-bond acceptors (Lipinski definition) is 4. The highest BCUT2D eigenvalue weighted by Crippen LogP contribution is 2.30. The van der Waals surface area contributed by atoms with E-state index in [-0.39, 0.29) is 34.8 Å². The van der Waals surface area contributed by atoms with Crippen LogP contribution in [0.3, 0.4) is 0 Å². The first-order chi connectivity index (χ1) is 9.75. The first kappa shape index (κ1) is 18.2. The molecular weight excluding hydrogens is 319 g/mol. The summed E-state index contributed by atoms with van der Waals surface area (Å²) in [5, 5.41) is -0.188. The standard InChI is InChI=1S/C13H20ClFN2O3S/c1-4-9(2)17(5-6-20-3)21(18,19)13-8-12(16)11(15)7-10(13)14/h7-9H,4-6,16H2,1-3H3. The van der Waals surface area contributed by atoms with Crippen LogP contribution < -0.4 is 5.73 Å². The number of ether oxygens (including phenoxy) is 1. The number of nitrogens with zero attached hydrogens (tertiary/aromatic N) is 1. The molecule has 0 heterocycles. The van der Waals surface area contributed by atoms with Crippen LogP contribution in [0.4, 0.5) is 10.1 Å². The van der Waals surface area contributed by atoms with Crippen molar-refractivity contribution in [3.05, 3.63) is 23.0 Å². The highest BCUT2D eigenvalue weighted by Gasteiger charge is 2.30. The van der Waals surface area contributed by atoms with E-state index in [2.05, 4.69) is 0 Å². The van der Waals surface area contributed by atoms with Crippen molar-refractivity contribution in [3.8, 4) is 0 Å². The fourth-order valence-corrected chi connectivity index (χ4v) is 4.05. The molecule has 2 N–H and O–H groups in total. The quantitative estimate of drug-likeness (QED) is 0.775. The molecule has 8 heteroatoms. The molecule has 1 atom stereocenters. The van der Waals surface area contributed by atoms with Crippen LogP contribution in [0.25, 0.3) is 0 Å². The van der Waals surface area contributed by atoms with Crippen molar-refractivity contribution >= 4 is 27.3 Å². The molecule has 1 aromatic rings. The van der Waals surface area contributed by atoms with Crippen LogP contribution in [-0.4, -0.2) is 39.0 Å². The normalized spacial score (nSPS) is 13.6. The third-order valence-electron chi connectivity index (χ3n) is 3.24. The van der Waals surface area contributed by atoms with Crippen LogP contribution in [0.2, 0.25) is 5.02 Å². The fraction of sp³-hybridized carbons (Fsp3) is 0.538. The Balaban J connectivity index is 3.31. The summed E-state index contributed by atoms with van der Waals surface area (Å²) in [5.41, 5.74) is 5.20. The van der Waals surface area contributed by atoms with Gasteiger partial charge in [0, 0.05) is 19.7 Å². The zero-order valence-electron chi connectivity index (χ0n) is 12.3. The second-order valence-corrected chi connectivity index (χ2v) is 6.94. The van der Waals surface area contributed by atoms with Crippen LogP contribution >= 0.6 is 11.6 Å². The van der Waals surface area contributed by atoms with Crippen LogP contribution in [0, 0.1) is 5.82 Å². The number of hydrogen-bond donors (Lipinski definition) is 1. The molecule has 0 radical (unpaired) electrons. The van der Waals surface area contributed by atoms with E-state index in [1.165, 1.54) is 11.4 Å². The third kappa shape index (κ3) is 4.06. The van der Waals surface area contributed by atoms with Crippen LogP contribution in [-0.2, 0) is 14.8 Å². The molecule has 0 saturated heterocycles. The van der Waals surface area contributed by atoms with Gasteiger partial charge in [-0.15, -0.1) is 0 Å². The minimum atomic E-state index is -3.88. The largest absolute Gasteiger partial charge is 0.396 e. The lowest BCUT2D eigenvalue weighted by atomic mass is 10.3. The lowest BCUT2D eigenvalue weighted by Crippen LogP contribution is -2.40. The number of sulfonamides is 1. The third-order valence-corrected chi connectivity index (χ3v) is 5.71. The predicted octanol–water partition coefficient (Wildman–Crippen LogP) is 2.50. The molecule has 21 heavy (non-hydrogen) atoms. The van der Waals surface area contributed by atoms with E-state index in [0.29, 0.717) is 6.42 Å². The maximum absolute atomic E-state index is 13.3. The van der Waals surface area contributed by atoms with Gasteiger partial charge in [0.1, 0.15) is 10.7 Å². The van der Waals surface area contributed by atoms with E-state index in [0.717, 1.165) is 12.1 Å². The first-order valence-corrected chi connectivity index (χ1v) is 8.32. The molecule has 0 aliphatic rings. The highest BCUT2D eigenvalue weighted by molar-refractivity contribution is 7.89. The zero-order valence-corrected chi connectivity index (χ0v) is 13.8. The Labute approximate surface area is 129 Å². The first-order valence-electron chi connectivity index (χ1n) is 6.51. The Bertz CT molecular complexity index is 595. The number of benzene rings is 1. The molecule has 0 spiro atoms. The van der Waals surface area contributed by atoms with Crippen molar-refractivity contribution in [2.75, 3.05) is 26.0 Å². The fourth-order valence-electron chi connectivity index (χ4n) is 1.83. The molecular formula is C13H20ClFN2O3S. The van der Waals surface area contributed by atoms with E-state index >= 15 is 0 Å². The number of nitrogens with two attached hydrogens (primary N) is 1. The van der Waals surface area contributed by atoms with Crippen molar-refractivity contribution < 1.29 is 17.5 Å². The van der Waals surface area contributed by atoms with Gasteiger partial charge in [-0.1, -0.05) is 18.5 Å². The summed E-state index contributed by atoms with van der Waals surface area (Å²) >= 11 is 5.88. The van der Waals surface area contributed by atoms with Gasteiger partial charge in [0.05, 0.1) is 17.3 Å². The van der Waals surface area contributed by atoms with E-state index in [1.807, 2.05) is 6.92 Å². The Morgan fingerprint density at radius 2 is 2.10 bits per heavy atom. The SMILES string of the molecule is CCC(C)N(CCOC)S(=O)(=O)c1cc(N)c(F)cc1Cl. The number of methoxy groups -OCH3 is 1. The Morgan fingerprint density at radius 3 is 2.62 bits per heavy atom. The van der Waals surface area contributed by atoms with E-state index < -0.39 is 15.8 Å². The monoisotopic (exact) mass is 338 g/mol. The maximum Gasteiger partial charge on any atom is 0.244 e. The van der Waals surface area contributed by atoms with Crippen molar-refractivity contribution in [1.29, 1.82) is 0 Å². The molecule has 0 aliphatic carbocycles. The summed E-state index contributed by atoms with van der Waals surface area (Å²) in [7, 11) is -2.39. The van der Waals surface area contributed by atoms with Crippen molar-refractivity contribution in [1.82, 2.24) is 4.31 Å². The minimum Gasteiger partial charge on any atom is -0.396 e. The van der Waals surface area contributed by atoms with Gasteiger partial charge in [0.15, 0.2) is 0 Å². The van der Waals surface area contributed by atoms with Crippen molar-refractivity contribution in [3.63, 3.8) is 0 Å². The predicted molar refractivity (Wildman–Crippen MR) is 81.3 cm³/mol. The summed E-state index contributed by atoms with van der Waals surface area (Å²) in [6, 6.07) is 1.72. The Kier molecular flexibility index (Phi) is 6.40. The molecule has 5 nitrogen and oxygen atoms in total. The molecule has 0 bridgehead atoms. The number of rotatable bonds is 7. The van der Waals surface area contributed by atoms with E-state index in [1.54, 1.807) is 6.92 Å². The summed E-state index contributed by atoms with van der Waals surface area (Å²) in [5.74, 6) is -0.745. The zero-order chi connectivity index (χ0) is 16.2.